The van der Waals surface area contributed by atoms with E-state index in [4.69, 9.17) is 9.47 Å². The second-order valence-corrected chi connectivity index (χ2v) is 5.65. The van der Waals surface area contributed by atoms with E-state index in [1.54, 1.807) is 12.1 Å². The van der Waals surface area contributed by atoms with Crippen molar-refractivity contribution in [2.75, 3.05) is 7.11 Å². The monoisotopic (exact) mass is 341 g/mol. The van der Waals surface area contributed by atoms with Crippen molar-refractivity contribution in [3.8, 4) is 0 Å². The third-order valence-electron chi connectivity index (χ3n) is 3.89. The molecule has 2 N–H and O–H groups in total. The van der Waals surface area contributed by atoms with Crippen LogP contribution in [0.25, 0.3) is 0 Å². The van der Waals surface area contributed by atoms with Crippen LogP contribution in [-0.4, -0.2) is 30.5 Å². The molecule has 1 aliphatic carbocycles. The number of nitrogens with one attached hydrogen (secondary N) is 1. The second-order valence-electron chi connectivity index (χ2n) is 5.65. The fourth-order valence-electron chi connectivity index (χ4n) is 2.50. The number of carbonyl (C=O) groups is 1. The molecule has 0 aromatic heterocycles. The minimum absolute atomic E-state index is 0.0659. The lowest BCUT2D eigenvalue weighted by Crippen LogP contribution is -2.34. The Morgan fingerprint density at radius 2 is 1.92 bits per heavy atom. The third kappa shape index (κ3) is 5.28. The summed E-state index contributed by atoms with van der Waals surface area (Å²) in [5.74, 6) is -2.71. The summed E-state index contributed by atoms with van der Waals surface area (Å²) in [7, 11) is 1.26. The van der Waals surface area contributed by atoms with Gasteiger partial charge in [0, 0.05) is 20.0 Å². The van der Waals surface area contributed by atoms with Gasteiger partial charge >= 0.3 is 6.09 Å². The molecule has 132 valence electrons. The van der Waals surface area contributed by atoms with E-state index in [0.29, 0.717) is 5.57 Å². The average molecular weight is 341 g/mol. The number of alkyl halides is 2. The van der Waals surface area contributed by atoms with Crippen LogP contribution in [0.5, 0.6) is 0 Å². The maximum absolute atomic E-state index is 13.3. The quantitative estimate of drug-likeness (QED) is 0.806. The van der Waals surface area contributed by atoms with Gasteiger partial charge in [0.05, 0.1) is 5.70 Å². The number of carbonyl (C=O) groups excluding carboxylic acids is 1. The van der Waals surface area contributed by atoms with Crippen LogP contribution in [0.15, 0.2) is 41.6 Å². The molecule has 0 heterocycles. The molecule has 1 atom stereocenters. The molecule has 1 aliphatic rings. The van der Waals surface area contributed by atoms with Crippen molar-refractivity contribution in [1.29, 1.82) is 0 Å². The fourth-order valence-corrected chi connectivity index (χ4v) is 2.50. The summed E-state index contributed by atoms with van der Waals surface area (Å²) in [6, 6.07) is 9.10. The Labute approximate surface area is 139 Å². The highest BCUT2D eigenvalue weighted by Crippen LogP contribution is 2.37. The molecule has 1 saturated carbocycles. The Morgan fingerprint density at radius 1 is 1.29 bits per heavy atom. The number of methoxy groups -OCH3 is 1. The van der Waals surface area contributed by atoms with Crippen LogP contribution in [0.1, 0.15) is 31.2 Å². The smallest absolute Gasteiger partial charge is 0.411 e. The van der Waals surface area contributed by atoms with Crippen LogP contribution in [-0.2, 0) is 16.1 Å². The number of alkyl carbamates (subject to hydrolysis) is 1. The molecular weight excluding hydrogens is 320 g/mol. The minimum atomic E-state index is -2.71. The first-order valence-electron chi connectivity index (χ1n) is 7.69. The molecule has 2 rings (SSSR count). The van der Waals surface area contributed by atoms with E-state index in [0.717, 1.165) is 5.56 Å². The zero-order valence-electron chi connectivity index (χ0n) is 13.4. The number of rotatable bonds is 5. The molecule has 1 fully saturated rings. The zero-order chi connectivity index (χ0) is 17.6. The normalized spacial score (nSPS) is 17.9. The van der Waals surface area contributed by atoms with Crippen molar-refractivity contribution in [3.05, 3.63) is 47.2 Å². The first-order valence-corrected chi connectivity index (χ1v) is 7.69. The Kier molecular flexibility index (Phi) is 6.28. The molecule has 0 radical (unpaired) electrons. The number of aliphatic hydroxyl groups excluding tert-OH is 1. The van der Waals surface area contributed by atoms with E-state index in [2.05, 4.69) is 5.32 Å². The van der Waals surface area contributed by atoms with Crippen LogP contribution in [0.3, 0.4) is 0 Å². The molecule has 0 spiro atoms. The molecule has 1 aromatic carbocycles. The lowest BCUT2D eigenvalue weighted by Gasteiger charge is -2.27. The largest absolute Gasteiger partial charge is 0.444 e. The van der Waals surface area contributed by atoms with Crippen molar-refractivity contribution in [2.24, 2.45) is 0 Å². The van der Waals surface area contributed by atoms with Crippen LogP contribution in [0.2, 0.25) is 0 Å². The Bertz CT molecular complexity index is 578. The van der Waals surface area contributed by atoms with Gasteiger partial charge in [-0.2, -0.15) is 0 Å². The molecule has 1 aromatic rings. The summed E-state index contributed by atoms with van der Waals surface area (Å²) in [6.07, 6.45) is -2.62. The molecule has 24 heavy (non-hydrogen) atoms. The van der Waals surface area contributed by atoms with Crippen molar-refractivity contribution in [1.82, 2.24) is 5.32 Å². The standard InChI is InChI=1S/C17H21F2NO4/c1-23-15(21)14(13-7-9-17(18,19)10-8-13)20-16(22)24-11-12-5-3-2-4-6-12/h2-6,15,21H,7-11H2,1H3,(H,20,22). The first kappa shape index (κ1) is 18.4. The van der Waals surface area contributed by atoms with Crippen LogP contribution in [0, 0.1) is 0 Å². The number of aliphatic hydroxyl groups is 1. The van der Waals surface area contributed by atoms with Gasteiger partial charge in [-0.05, 0) is 24.0 Å². The predicted octanol–water partition coefficient (Wildman–Crippen LogP) is 3.34. The number of benzene rings is 1. The molecule has 0 bridgehead atoms. The average Bonchev–Trinajstić information content (AvgIpc) is 2.58. The molecule has 0 aliphatic heterocycles. The maximum Gasteiger partial charge on any atom is 0.411 e. The number of ether oxygens (including phenoxy) is 2. The highest BCUT2D eigenvalue weighted by molar-refractivity contribution is 5.70. The van der Waals surface area contributed by atoms with Gasteiger partial charge in [-0.15, -0.1) is 0 Å². The van der Waals surface area contributed by atoms with E-state index in [1.807, 2.05) is 18.2 Å². The van der Waals surface area contributed by atoms with Gasteiger partial charge in [0.25, 0.3) is 0 Å². The van der Waals surface area contributed by atoms with Gasteiger partial charge in [0.15, 0.2) is 6.29 Å². The van der Waals surface area contributed by atoms with Crippen LogP contribution >= 0.6 is 0 Å². The molecule has 7 heteroatoms. The second kappa shape index (κ2) is 8.21. The number of hydrogen-bond donors (Lipinski definition) is 2. The van der Waals surface area contributed by atoms with Crippen LogP contribution in [0.4, 0.5) is 13.6 Å². The Morgan fingerprint density at radius 3 is 2.50 bits per heavy atom. The zero-order valence-corrected chi connectivity index (χ0v) is 13.4. The summed E-state index contributed by atoms with van der Waals surface area (Å²) >= 11 is 0. The molecule has 5 nitrogen and oxygen atoms in total. The third-order valence-corrected chi connectivity index (χ3v) is 3.89. The summed E-state index contributed by atoms with van der Waals surface area (Å²) in [5.41, 5.74) is 1.45. The van der Waals surface area contributed by atoms with Gasteiger partial charge in [0.2, 0.25) is 5.92 Å². The summed E-state index contributed by atoms with van der Waals surface area (Å²) in [5, 5.41) is 12.3. The van der Waals surface area contributed by atoms with Gasteiger partial charge in [-0.1, -0.05) is 30.3 Å². The number of allylic oxidation sites excluding steroid dienone is 1. The summed E-state index contributed by atoms with van der Waals surface area (Å²) in [4.78, 5) is 11.9. The Balaban J connectivity index is 2.00. The van der Waals surface area contributed by atoms with Gasteiger partial charge in [-0.3, -0.25) is 5.32 Å². The van der Waals surface area contributed by atoms with E-state index in [-0.39, 0.29) is 38.0 Å². The first-order chi connectivity index (χ1) is 11.4. The SMILES string of the molecule is COC(O)C(NC(=O)OCc1ccccc1)=C1CCC(F)(F)CC1. The van der Waals surface area contributed by atoms with Crippen molar-refractivity contribution < 1.29 is 28.2 Å². The number of amides is 1. The van der Waals surface area contributed by atoms with E-state index in [9.17, 15) is 18.7 Å². The highest BCUT2D eigenvalue weighted by Gasteiger charge is 2.34. The van der Waals surface area contributed by atoms with E-state index >= 15 is 0 Å². The molecule has 0 saturated heterocycles. The summed E-state index contributed by atoms with van der Waals surface area (Å²) < 4.78 is 36.4. The van der Waals surface area contributed by atoms with Crippen LogP contribution < -0.4 is 5.32 Å². The predicted molar refractivity (Wildman–Crippen MR) is 83.2 cm³/mol. The van der Waals surface area contributed by atoms with Gasteiger partial charge in [-0.25, -0.2) is 13.6 Å². The van der Waals surface area contributed by atoms with Crippen molar-refractivity contribution in [3.63, 3.8) is 0 Å². The van der Waals surface area contributed by atoms with Crippen molar-refractivity contribution in [2.45, 2.75) is 44.5 Å². The molecule has 1 unspecified atom stereocenters. The number of halogens is 2. The van der Waals surface area contributed by atoms with Gasteiger partial charge in [0.1, 0.15) is 6.61 Å². The number of hydrogen-bond acceptors (Lipinski definition) is 4. The van der Waals surface area contributed by atoms with Crippen molar-refractivity contribution >= 4 is 6.09 Å². The topological polar surface area (TPSA) is 67.8 Å². The minimum Gasteiger partial charge on any atom is -0.444 e. The molecular formula is C17H21F2NO4. The van der Waals surface area contributed by atoms with Gasteiger partial charge < -0.3 is 14.6 Å². The Hall–Kier alpha value is -1.99. The maximum atomic E-state index is 13.3. The lowest BCUT2D eigenvalue weighted by molar-refractivity contribution is -0.0530. The fraction of sp³-hybridized carbons (Fsp3) is 0.471. The summed E-state index contributed by atoms with van der Waals surface area (Å²) in [6.45, 7) is 0.0659. The van der Waals surface area contributed by atoms with E-state index < -0.39 is 18.3 Å². The molecule has 1 amide bonds. The highest BCUT2D eigenvalue weighted by atomic mass is 19.3. The van der Waals surface area contributed by atoms with E-state index in [1.165, 1.54) is 7.11 Å². The lowest BCUT2D eigenvalue weighted by atomic mass is 9.90.